The number of rotatable bonds is 2. The Morgan fingerprint density at radius 1 is 1.57 bits per heavy atom. The summed E-state index contributed by atoms with van der Waals surface area (Å²) in [6, 6.07) is 1.22. The molecule has 14 heavy (non-hydrogen) atoms. The number of nitrogens with zero attached hydrogens (tertiary/aromatic N) is 1. The molecule has 6 nitrogen and oxygen atoms in total. The molecule has 0 spiro atoms. The number of hydrogen-bond acceptors (Lipinski definition) is 4. The summed E-state index contributed by atoms with van der Waals surface area (Å²) in [7, 11) is 0. The van der Waals surface area contributed by atoms with Crippen LogP contribution in [0.2, 0.25) is 0 Å². The Bertz CT molecular complexity index is 422. The number of hydrogen-bond donors (Lipinski definition) is 2. The maximum Gasteiger partial charge on any atom is 0.309 e. The summed E-state index contributed by atoms with van der Waals surface area (Å²) in [6.45, 7) is 3.56. The van der Waals surface area contributed by atoms with Crippen LogP contribution in [0.5, 0.6) is 0 Å². The molecule has 0 atom stereocenters. The minimum absolute atomic E-state index is 0.0713. The van der Waals surface area contributed by atoms with Gasteiger partial charge in [-0.15, -0.1) is 0 Å². The zero-order valence-electron chi connectivity index (χ0n) is 7.90. The summed E-state index contributed by atoms with van der Waals surface area (Å²) in [5.74, 6) is -0.276. The lowest BCUT2D eigenvalue weighted by Crippen LogP contribution is -2.16. The second-order valence-electron chi connectivity index (χ2n) is 3.26. The van der Waals surface area contributed by atoms with Crippen molar-refractivity contribution >= 4 is 11.5 Å². The molecule has 0 radical (unpaired) electrons. The highest BCUT2D eigenvalue weighted by molar-refractivity contribution is 5.53. The first-order chi connectivity index (χ1) is 6.43. The molecule has 0 saturated heterocycles. The number of pyridine rings is 1. The fraction of sp³-hybridized carbons (Fsp3) is 0.375. The van der Waals surface area contributed by atoms with Crippen LogP contribution in [0.3, 0.4) is 0 Å². The molecule has 6 heteroatoms. The molecular weight excluding hydrogens is 186 g/mol. The quantitative estimate of drug-likeness (QED) is 0.545. The molecule has 1 aromatic heterocycles. The van der Waals surface area contributed by atoms with E-state index in [1.54, 1.807) is 13.8 Å². The zero-order valence-corrected chi connectivity index (χ0v) is 7.90. The smallest absolute Gasteiger partial charge is 0.309 e. The van der Waals surface area contributed by atoms with Gasteiger partial charge in [0.2, 0.25) is 0 Å². The molecule has 0 aliphatic rings. The van der Waals surface area contributed by atoms with Crippen molar-refractivity contribution in [2.75, 3.05) is 5.73 Å². The first kappa shape index (κ1) is 10.2. The largest absolute Gasteiger partial charge is 0.379 e. The minimum Gasteiger partial charge on any atom is -0.379 e. The van der Waals surface area contributed by atoms with Crippen LogP contribution in [-0.4, -0.2) is 9.91 Å². The molecule has 0 unspecified atom stereocenters. The second kappa shape index (κ2) is 3.49. The van der Waals surface area contributed by atoms with Gasteiger partial charge in [0.1, 0.15) is 0 Å². The van der Waals surface area contributed by atoms with Crippen molar-refractivity contribution in [2.45, 2.75) is 19.8 Å². The van der Waals surface area contributed by atoms with Crippen molar-refractivity contribution in [3.63, 3.8) is 0 Å². The number of anilines is 1. The van der Waals surface area contributed by atoms with E-state index >= 15 is 0 Å². The zero-order chi connectivity index (χ0) is 10.9. The van der Waals surface area contributed by atoms with E-state index in [0.29, 0.717) is 5.56 Å². The molecule has 1 aromatic rings. The van der Waals surface area contributed by atoms with Crippen LogP contribution < -0.4 is 11.3 Å². The van der Waals surface area contributed by atoms with E-state index in [1.165, 1.54) is 6.07 Å². The molecule has 3 N–H and O–H groups in total. The molecule has 1 heterocycles. The Morgan fingerprint density at radius 2 is 2.14 bits per heavy atom. The standard InChI is InChI=1S/C8H11N3O3/c1-4(2)5-3-6(11(13)14)7(9)10-8(5)12/h3-4H,1-2H3,(H3,9,10,12). The minimum atomic E-state index is -0.614. The van der Waals surface area contributed by atoms with E-state index in [4.69, 9.17) is 5.73 Å². The van der Waals surface area contributed by atoms with Gasteiger partial charge >= 0.3 is 5.69 Å². The predicted molar refractivity (Wildman–Crippen MR) is 52.2 cm³/mol. The van der Waals surface area contributed by atoms with Gasteiger partial charge in [-0.05, 0) is 5.92 Å². The van der Waals surface area contributed by atoms with Gasteiger partial charge in [0.15, 0.2) is 5.82 Å². The molecule has 0 amide bonds. The van der Waals surface area contributed by atoms with E-state index in [2.05, 4.69) is 4.98 Å². The van der Waals surface area contributed by atoms with E-state index in [-0.39, 0.29) is 23.0 Å². The first-order valence-corrected chi connectivity index (χ1v) is 4.10. The monoisotopic (exact) mass is 197 g/mol. The van der Waals surface area contributed by atoms with Gasteiger partial charge < -0.3 is 10.7 Å². The van der Waals surface area contributed by atoms with Crippen molar-refractivity contribution in [3.05, 3.63) is 32.1 Å². The van der Waals surface area contributed by atoms with Crippen molar-refractivity contribution in [2.24, 2.45) is 0 Å². The summed E-state index contributed by atoms with van der Waals surface area (Å²) in [4.78, 5) is 23.4. The molecule has 0 aliphatic heterocycles. The molecule has 0 bridgehead atoms. The lowest BCUT2D eigenvalue weighted by Gasteiger charge is -2.04. The number of nitro groups is 1. The highest BCUT2D eigenvalue weighted by atomic mass is 16.6. The van der Waals surface area contributed by atoms with Crippen molar-refractivity contribution < 1.29 is 4.92 Å². The summed E-state index contributed by atoms with van der Waals surface area (Å²) in [5, 5.41) is 10.5. The Kier molecular flexibility index (Phi) is 2.55. The second-order valence-corrected chi connectivity index (χ2v) is 3.26. The summed E-state index contributed by atoms with van der Waals surface area (Å²) in [5.41, 5.74) is 5.03. The summed E-state index contributed by atoms with van der Waals surface area (Å²) in [6.07, 6.45) is 0. The Balaban J connectivity index is 3.42. The Labute approximate surface area is 79.9 Å². The maximum absolute atomic E-state index is 11.3. The number of aromatic amines is 1. The predicted octanol–water partition coefficient (Wildman–Crippen LogP) is 0.989. The Morgan fingerprint density at radius 3 is 2.57 bits per heavy atom. The molecule has 76 valence electrons. The van der Waals surface area contributed by atoms with Gasteiger partial charge in [-0.3, -0.25) is 14.9 Å². The topological polar surface area (TPSA) is 102 Å². The third kappa shape index (κ3) is 1.73. The van der Waals surface area contributed by atoms with Crippen LogP contribution in [0, 0.1) is 10.1 Å². The number of nitrogens with one attached hydrogen (secondary N) is 1. The summed E-state index contributed by atoms with van der Waals surface area (Å²) < 4.78 is 0. The van der Waals surface area contributed by atoms with Gasteiger partial charge in [-0.25, -0.2) is 0 Å². The van der Waals surface area contributed by atoms with Crippen LogP contribution in [0.1, 0.15) is 25.3 Å². The fourth-order valence-electron chi connectivity index (χ4n) is 1.13. The van der Waals surface area contributed by atoms with Crippen LogP contribution >= 0.6 is 0 Å². The molecule has 0 saturated carbocycles. The summed E-state index contributed by atoms with van der Waals surface area (Å²) >= 11 is 0. The number of nitrogen functional groups attached to an aromatic ring is 1. The molecule has 0 aliphatic carbocycles. The van der Waals surface area contributed by atoms with E-state index in [1.807, 2.05) is 0 Å². The highest BCUT2D eigenvalue weighted by Gasteiger charge is 2.16. The lowest BCUT2D eigenvalue weighted by atomic mass is 10.1. The van der Waals surface area contributed by atoms with Crippen LogP contribution in [0.25, 0.3) is 0 Å². The number of aromatic nitrogens is 1. The van der Waals surface area contributed by atoms with Crippen LogP contribution in [0.4, 0.5) is 11.5 Å². The average molecular weight is 197 g/mol. The van der Waals surface area contributed by atoms with E-state index in [9.17, 15) is 14.9 Å². The molecule has 1 rings (SSSR count). The van der Waals surface area contributed by atoms with Crippen LogP contribution in [0.15, 0.2) is 10.9 Å². The lowest BCUT2D eigenvalue weighted by molar-refractivity contribution is -0.384. The molecule has 0 fully saturated rings. The normalized spacial score (nSPS) is 10.5. The van der Waals surface area contributed by atoms with Crippen molar-refractivity contribution in [1.82, 2.24) is 4.98 Å². The van der Waals surface area contributed by atoms with Gasteiger partial charge in [0.05, 0.1) is 4.92 Å². The average Bonchev–Trinajstić information content (AvgIpc) is 2.02. The van der Waals surface area contributed by atoms with Crippen LogP contribution in [-0.2, 0) is 0 Å². The van der Waals surface area contributed by atoms with Gasteiger partial charge in [0, 0.05) is 11.6 Å². The molecular formula is C8H11N3O3. The third-order valence-electron chi connectivity index (χ3n) is 1.90. The fourth-order valence-corrected chi connectivity index (χ4v) is 1.13. The van der Waals surface area contributed by atoms with E-state index < -0.39 is 4.92 Å². The van der Waals surface area contributed by atoms with Crippen molar-refractivity contribution in [1.29, 1.82) is 0 Å². The molecule has 0 aromatic carbocycles. The van der Waals surface area contributed by atoms with Gasteiger partial charge in [-0.2, -0.15) is 0 Å². The maximum atomic E-state index is 11.3. The SMILES string of the molecule is CC(C)c1cc([N+](=O)[O-])c(N)[nH]c1=O. The Hall–Kier alpha value is -1.85. The number of H-pyrrole nitrogens is 1. The first-order valence-electron chi connectivity index (χ1n) is 4.10. The highest BCUT2D eigenvalue weighted by Crippen LogP contribution is 2.20. The van der Waals surface area contributed by atoms with E-state index in [0.717, 1.165) is 0 Å². The number of nitrogens with two attached hydrogens (primary N) is 1. The van der Waals surface area contributed by atoms with Gasteiger partial charge in [0.25, 0.3) is 5.56 Å². The van der Waals surface area contributed by atoms with Gasteiger partial charge in [-0.1, -0.05) is 13.8 Å². The third-order valence-corrected chi connectivity index (χ3v) is 1.90. The van der Waals surface area contributed by atoms with Crippen molar-refractivity contribution in [3.8, 4) is 0 Å².